The summed E-state index contributed by atoms with van der Waals surface area (Å²) < 4.78 is 23.1. The Morgan fingerprint density at radius 1 is 1.10 bits per heavy atom. The van der Waals surface area contributed by atoms with Crippen LogP contribution in [0.2, 0.25) is 0 Å². The molecule has 5 N–H and O–H groups in total. The molecular formula is C26H22N7O5S+. The topological polar surface area (TPSA) is 175 Å². The third-order valence-corrected chi connectivity index (χ3v) is 7.00. The van der Waals surface area contributed by atoms with E-state index in [2.05, 4.69) is 21.6 Å². The Kier molecular flexibility index (Phi) is 6.61. The molecule has 0 unspecified atom stereocenters. The van der Waals surface area contributed by atoms with Crippen molar-refractivity contribution in [2.24, 2.45) is 0 Å². The third kappa shape index (κ3) is 4.38. The van der Waals surface area contributed by atoms with E-state index < -0.39 is 5.91 Å². The monoisotopic (exact) mass is 544 g/mol. The van der Waals surface area contributed by atoms with Crippen molar-refractivity contribution in [1.82, 2.24) is 10.3 Å². The fraction of sp³-hybridized carbons (Fsp3) is 0.115. The van der Waals surface area contributed by atoms with Gasteiger partial charge in [-0.1, -0.05) is 18.2 Å². The van der Waals surface area contributed by atoms with E-state index >= 15 is 0 Å². The summed E-state index contributed by atoms with van der Waals surface area (Å²) in [5.74, 6) is 0.654. The van der Waals surface area contributed by atoms with Crippen molar-refractivity contribution >= 4 is 44.9 Å². The number of methoxy groups -OCH3 is 3. The van der Waals surface area contributed by atoms with Crippen molar-refractivity contribution in [3.05, 3.63) is 59.1 Å². The van der Waals surface area contributed by atoms with Crippen LogP contribution in [-0.4, -0.2) is 37.5 Å². The van der Waals surface area contributed by atoms with E-state index in [0.29, 0.717) is 38.6 Å². The summed E-state index contributed by atoms with van der Waals surface area (Å²) in [6, 6.07) is 14.7. The molecule has 3 aromatic heterocycles. The zero-order valence-electron chi connectivity index (χ0n) is 21.0. The van der Waals surface area contributed by atoms with Crippen molar-refractivity contribution in [3.8, 4) is 40.1 Å². The van der Waals surface area contributed by atoms with Crippen LogP contribution in [0.5, 0.6) is 17.2 Å². The molecule has 0 radical (unpaired) electrons. The number of rotatable bonds is 7. The molecule has 0 aliphatic heterocycles. The predicted molar refractivity (Wildman–Crippen MR) is 144 cm³/mol. The average Bonchev–Trinajstić information content (AvgIpc) is 3.55. The average molecular weight is 545 g/mol. The fourth-order valence-electron chi connectivity index (χ4n) is 4.14. The number of fused-ring (bicyclic) bond motifs is 1. The zero-order chi connectivity index (χ0) is 27.7. The number of pyridine rings is 1. The van der Waals surface area contributed by atoms with Gasteiger partial charge in [-0.25, -0.2) is 4.98 Å². The van der Waals surface area contributed by atoms with Crippen LogP contribution in [0, 0.1) is 11.3 Å². The summed E-state index contributed by atoms with van der Waals surface area (Å²) in [6.45, 7) is 0. The highest BCUT2D eigenvalue weighted by atomic mass is 32.1. The summed E-state index contributed by atoms with van der Waals surface area (Å²) in [7, 11) is 4.45. The number of nitrogen functional groups attached to an aromatic ring is 2. The van der Waals surface area contributed by atoms with Crippen LogP contribution in [0.15, 0.2) is 53.2 Å². The summed E-state index contributed by atoms with van der Waals surface area (Å²) >= 11 is 1.03. The Labute approximate surface area is 225 Å². The van der Waals surface area contributed by atoms with Crippen molar-refractivity contribution < 1.29 is 28.2 Å². The highest BCUT2D eigenvalue weighted by molar-refractivity contribution is 7.21. The number of thiophene rings is 1. The van der Waals surface area contributed by atoms with Gasteiger partial charge in [0.1, 0.15) is 27.2 Å². The first-order chi connectivity index (χ1) is 18.9. The molecule has 39 heavy (non-hydrogen) atoms. The smallest absolute Gasteiger partial charge is 0.303 e. The van der Waals surface area contributed by atoms with Crippen molar-refractivity contribution in [3.63, 3.8) is 0 Å². The maximum atomic E-state index is 13.3. The van der Waals surface area contributed by atoms with Gasteiger partial charge in [0, 0.05) is 23.1 Å². The number of nitrogens with zero attached hydrogens (tertiary/aromatic N) is 4. The van der Waals surface area contributed by atoms with Gasteiger partial charge in [-0.2, -0.15) is 5.26 Å². The van der Waals surface area contributed by atoms with Crippen LogP contribution in [0.25, 0.3) is 27.0 Å². The highest BCUT2D eigenvalue weighted by Crippen LogP contribution is 2.47. The van der Waals surface area contributed by atoms with Gasteiger partial charge in [0.2, 0.25) is 16.7 Å². The van der Waals surface area contributed by atoms with E-state index in [1.807, 2.05) is 30.3 Å². The number of hydrogen-bond acceptors (Lipinski definition) is 11. The number of aromatic nitrogens is 3. The van der Waals surface area contributed by atoms with Crippen LogP contribution < -0.4 is 35.7 Å². The molecule has 196 valence electrons. The van der Waals surface area contributed by atoms with Gasteiger partial charge in [0.05, 0.1) is 27.0 Å². The Morgan fingerprint density at radius 2 is 1.79 bits per heavy atom. The summed E-state index contributed by atoms with van der Waals surface area (Å²) in [4.78, 5) is 18.1. The van der Waals surface area contributed by atoms with Gasteiger partial charge < -0.3 is 25.7 Å². The van der Waals surface area contributed by atoms with Gasteiger partial charge in [-0.15, -0.1) is 11.3 Å². The molecule has 0 saturated carbocycles. The first kappa shape index (κ1) is 25.3. The Balaban J connectivity index is 1.62. The van der Waals surface area contributed by atoms with E-state index in [4.69, 9.17) is 30.2 Å². The van der Waals surface area contributed by atoms with Gasteiger partial charge in [0.25, 0.3) is 12.1 Å². The van der Waals surface area contributed by atoms with Crippen LogP contribution in [0.3, 0.4) is 0 Å². The molecular weight excluding hydrogens is 522 g/mol. The molecule has 12 nitrogen and oxygen atoms in total. The van der Waals surface area contributed by atoms with E-state index in [1.54, 1.807) is 12.1 Å². The molecule has 5 aromatic rings. The molecule has 5 rings (SSSR count). The van der Waals surface area contributed by atoms with Crippen molar-refractivity contribution in [1.29, 1.82) is 5.26 Å². The first-order valence-electron chi connectivity index (χ1n) is 11.4. The number of ether oxygens (including phenoxy) is 3. The third-order valence-electron chi connectivity index (χ3n) is 5.90. The normalized spacial score (nSPS) is 10.7. The molecule has 0 atom stereocenters. The maximum absolute atomic E-state index is 13.3. The second-order valence-electron chi connectivity index (χ2n) is 8.10. The van der Waals surface area contributed by atoms with Crippen LogP contribution in [-0.2, 0) is 0 Å². The molecule has 13 heteroatoms. The Bertz CT molecular complexity index is 1730. The molecule has 0 saturated heterocycles. The molecule has 3 heterocycles. The highest BCUT2D eigenvalue weighted by Gasteiger charge is 2.27. The number of benzene rings is 2. The van der Waals surface area contributed by atoms with Crippen molar-refractivity contribution in [2.45, 2.75) is 0 Å². The number of para-hydroxylation sites is 1. The minimum atomic E-state index is -0.542. The number of nitrogens with one attached hydrogen (secondary N) is 1. The van der Waals surface area contributed by atoms with Crippen molar-refractivity contribution in [2.75, 3.05) is 38.1 Å². The summed E-state index contributed by atoms with van der Waals surface area (Å²) in [5, 5.41) is 17.0. The van der Waals surface area contributed by atoms with Gasteiger partial charge in [-0.05, 0) is 22.4 Å². The number of hydrogen-bond donors (Lipinski definition) is 3. The lowest BCUT2D eigenvalue weighted by Crippen LogP contribution is -2.31. The zero-order valence-corrected chi connectivity index (χ0v) is 21.8. The number of anilines is 3. The van der Waals surface area contributed by atoms with Gasteiger partial charge in [-0.3, -0.25) is 14.6 Å². The second kappa shape index (κ2) is 10.2. The quantitative estimate of drug-likeness (QED) is 0.257. The van der Waals surface area contributed by atoms with Gasteiger partial charge >= 0.3 is 5.88 Å². The summed E-state index contributed by atoms with van der Waals surface area (Å²) in [5.41, 5.74) is 14.5. The maximum Gasteiger partial charge on any atom is 0.303 e. The van der Waals surface area contributed by atoms with E-state index in [1.165, 1.54) is 32.2 Å². The van der Waals surface area contributed by atoms with Crippen LogP contribution in [0.4, 0.5) is 17.4 Å². The van der Waals surface area contributed by atoms with Crippen LogP contribution in [0.1, 0.15) is 15.2 Å². The molecule has 1 amide bonds. The molecule has 0 aliphatic carbocycles. The van der Waals surface area contributed by atoms with Gasteiger partial charge in [0.15, 0.2) is 11.5 Å². The largest absolute Gasteiger partial charge is 0.493 e. The van der Waals surface area contributed by atoms with E-state index in [-0.39, 0.29) is 27.8 Å². The number of amides is 1. The lowest BCUT2D eigenvalue weighted by Gasteiger charge is -2.16. The lowest BCUT2D eigenvalue weighted by atomic mass is 9.96. The number of nitriles is 1. The minimum Gasteiger partial charge on any atom is -0.493 e. The van der Waals surface area contributed by atoms with E-state index in [9.17, 15) is 10.1 Å². The lowest BCUT2D eigenvalue weighted by molar-refractivity contribution is -0.670. The van der Waals surface area contributed by atoms with Crippen LogP contribution >= 0.6 is 11.3 Å². The number of carbonyl (C=O) groups is 1. The Hall–Kier alpha value is -5.35. The Morgan fingerprint density at radius 3 is 2.41 bits per heavy atom. The number of carbonyl (C=O) groups excluding carboxylic acids is 1. The molecule has 0 aliphatic rings. The molecule has 0 fully saturated rings. The molecule has 0 spiro atoms. The molecule has 0 bridgehead atoms. The number of nitrogens with two attached hydrogens (primary N) is 2. The standard InChI is InChI=1S/C26H21N7O5S/c1-35-16-9-13(10-17(36-2)22(16)37-3)19-15(11-27)24(29)31-26-20(19)21(28)23(39-26)25(34)30-18-12-33(32-38-18)14-7-5-4-6-8-14/h4-10,12H,1-3H3,(H4-,28,29,30,31,32,34)/p+1. The first-order valence-corrected chi connectivity index (χ1v) is 12.2. The molecule has 2 aromatic carbocycles. The second-order valence-corrected chi connectivity index (χ2v) is 9.10. The minimum absolute atomic E-state index is 0.0129. The SMILES string of the molecule is COc1cc(-c2c(C#N)c(N)nc3sc(C(=O)Nc4c[n+](-c5ccccc5)no4)c(N)c23)cc(OC)c1OC. The summed E-state index contributed by atoms with van der Waals surface area (Å²) in [6.07, 6.45) is 1.53. The predicted octanol–water partition coefficient (Wildman–Crippen LogP) is 3.54. The fourth-order valence-corrected chi connectivity index (χ4v) is 5.15. The van der Waals surface area contributed by atoms with E-state index in [0.717, 1.165) is 17.0 Å².